The Bertz CT molecular complexity index is 228. The van der Waals surface area contributed by atoms with E-state index in [0.717, 1.165) is 6.42 Å². The molecule has 0 radical (unpaired) electrons. The number of ether oxygens (including phenoxy) is 1. The van der Waals surface area contributed by atoms with Crippen molar-refractivity contribution in [3.05, 3.63) is 0 Å². The number of carbonyl (C=O) groups excluding carboxylic acids is 1. The van der Waals surface area contributed by atoms with E-state index in [9.17, 15) is 9.90 Å². The topological polar surface area (TPSA) is 75.2 Å². The lowest BCUT2D eigenvalue weighted by atomic mass is 9.95. The lowest BCUT2D eigenvalue weighted by molar-refractivity contribution is -0.756. The molecule has 0 spiro atoms. The molecule has 0 aliphatic carbocycles. The van der Waals surface area contributed by atoms with Crippen LogP contribution in [0.2, 0.25) is 0 Å². The standard InChI is InChI=1S/C10H20N2O3S/c1-4-7-6(2)11-10(12-9(7)14)16-5-8(13)15-3/h6-7,9-12,14H,4-5H2,1-3H3/p+1. The van der Waals surface area contributed by atoms with Gasteiger partial charge in [-0.1, -0.05) is 18.7 Å². The summed E-state index contributed by atoms with van der Waals surface area (Å²) < 4.78 is 4.57. The van der Waals surface area contributed by atoms with Gasteiger partial charge in [-0.2, -0.15) is 0 Å². The van der Waals surface area contributed by atoms with Crippen LogP contribution in [0, 0.1) is 5.92 Å². The average Bonchev–Trinajstić information content (AvgIpc) is 2.25. The van der Waals surface area contributed by atoms with Gasteiger partial charge in [0.15, 0.2) is 11.7 Å². The summed E-state index contributed by atoms with van der Waals surface area (Å²) >= 11 is 1.45. The van der Waals surface area contributed by atoms with Gasteiger partial charge in [-0.15, -0.1) is 0 Å². The molecule has 0 bridgehead atoms. The Morgan fingerprint density at radius 3 is 2.81 bits per heavy atom. The van der Waals surface area contributed by atoms with Gasteiger partial charge in [-0.05, 0) is 13.3 Å². The number of aliphatic hydroxyl groups excluding tert-OH is 1. The summed E-state index contributed by atoms with van der Waals surface area (Å²) in [4.78, 5) is 11.0. The van der Waals surface area contributed by atoms with Gasteiger partial charge in [-0.25, -0.2) is 0 Å². The largest absolute Gasteiger partial charge is 0.468 e. The number of hydrogen-bond acceptors (Lipinski definition) is 5. The number of quaternary nitrogens is 1. The molecule has 0 aromatic carbocycles. The van der Waals surface area contributed by atoms with Crippen molar-refractivity contribution in [2.45, 2.75) is 38.0 Å². The van der Waals surface area contributed by atoms with Crippen LogP contribution in [0.3, 0.4) is 0 Å². The maximum Gasteiger partial charge on any atom is 0.315 e. The molecule has 6 heteroatoms. The molecule has 4 unspecified atom stereocenters. The highest BCUT2D eigenvalue weighted by atomic mass is 32.2. The molecule has 1 aliphatic heterocycles. The number of methoxy groups -OCH3 is 1. The number of nitrogens with one attached hydrogen (secondary N) is 1. The van der Waals surface area contributed by atoms with Crippen LogP contribution in [-0.2, 0) is 9.53 Å². The minimum Gasteiger partial charge on any atom is -0.468 e. The molecule has 1 saturated heterocycles. The molecule has 94 valence electrons. The van der Waals surface area contributed by atoms with Gasteiger partial charge in [0, 0.05) is 6.04 Å². The number of hydrogen-bond donors (Lipinski definition) is 3. The molecule has 16 heavy (non-hydrogen) atoms. The van der Waals surface area contributed by atoms with Crippen LogP contribution in [0.5, 0.6) is 0 Å². The first kappa shape index (κ1) is 13.8. The van der Waals surface area contributed by atoms with Crippen LogP contribution in [0.4, 0.5) is 0 Å². The molecule has 1 rings (SSSR count). The molecule has 0 aromatic rings. The fraction of sp³-hybridized carbons (Fsp3) is 0.900. The first-order chi connectivity index (χ1) is 7.58. The number of thioether (sulfide) groups is 1. The van der Waals surface area contributed by atoms with E-state index in [1.807, 2.05) is 5.32 Å². The van der Waals surface area contributed by atoms with Gasteiger partial charge >= 0.3 is 5.97 Å². The van der Waals surface area contributed by atoms with E-state index in [0.29, 0.717) is 5.75 Å². The monoisotopic (exact) mass is 249 g/mol. The number of rotatable bonds is 4. The Hall–Kier alpha value is -0.300. The van der Waals surface area contributed by atoms with Crippen molar-refractivity contribution in [3.63, 3.8) is 0 Å². The van der Waals surface area contributed by atoms with Crippen molar-refractivity contribution < 1.29 is 20.0 Å². The quantitative estimate of drug-likeness (QED) is 0.562. The highest BCUT2D eigenvalue weighted by Gasteiger charge is 2.36. The average molecular weight is 249 g/mol. The normalized spacial score (nSPS) is 34.8. The lowest BCUT2D eigenvalue weighted by Crippen LogP contribution is -3.02. The zero-order valence-corrected chi connectivity index (χ0v) is 10.8. The summed E-state index contributed by atoms with van der Waals surface area (Å²) in [6.07, 6.45) is 0.552. The lowest BCUT2D eigenvalue weighted by Gasteiger charge is -2.36. The third-order valence-corrected chi connectivity index (χ3v) is 4.01. The molecule has 1 fully saturated rings. The van der Waals surface area contributed by atoms with Gasteiger partial charge in [-0.3, -0.25) is 15.4 Å². The van der Waals surface area contributed by atoms with Crippen molar-refractivity contribution >= 4 is 17.7 Å². The summed E-state index contributed by atoms with van der Waals surface area (Å²) in [5.74, 6) is 0.330. The van der Waals surface area contributed by atoms with Gasteiger partial charge in [0.05, 0.1) is 18.8 Å². The summed E-state index contributed by atoms with van der Waals surface area (Å²) in [5, 5.41) is 15.1. The van der Waals surface area contributed by atoms with Crippen molar-refractivity contribution in [1.29, 1.82) is 0 Å². The maximum absolute atomic E-state index is 11.0. The van der Waals surface area contributed by atoms with Crippen LogP contribution in [-0.4, -0.2) is 41.7 Å². The molecular formula is C10H21N2O3S+. The second-order valence-corrected chi connectivity index (χ2v) is 5.15. The Morgan fingerprint density at radius 1 is 1.62 bits per heavy atom. The molecule has 5 nitrogen and oxygen atoms in total. The molecule has 0 amide bonds. The Labute approximate surface area is 100 Å². The Morgan fingerprint density at radius 2 is 2.31 bits per heavy atom. The van der Waals surface area contributed by atoms with Gasteiger partial charge in [0.2, 0.25) is 0 Å². The minimum atomic E-state index is -0.392. The molecule has 4 N–H and O–H groups in total. The van der Waals surface area contributed by atoms with E-state index in [2.05, 4.69) is 23.9 Å². The summed E-state index contributed by atoms with van der Waals surface area (Å²) in [6, 6.07) is 0.264. The van der Waals surface area contributed by atoms with E-state index < -0.39 is 6.23 Å². The zero-order valence-electron chi connectivity index (χ0n) is 9.97. The predicted molar refractivity (Wildman–Crippen MR) is 62.6 cm³/mol. The molecule has 1 heterocycles. The fourth-order valence-corrected chi connectivity index (χ4v) is 2.99. The van der Waals surface area contributed by atoms with Crippen LogP contribution >= 0.6 is 11.8 Å². The zero-order chi connectivity index (χ0) is 12.1. The third kappa shape index (κ3) is 3.62. The number of nitrogens with two attached hydrogens (primary N) is 1. The van der Waals surface area contributed by atoms with Crippen molar-refractivity contribution in [1.82, 2.24) is 5.32 Å². The molecular weight excluding hydrogens is 228 g/mol. The van der Waals surface area contributed by atoms with Gasteiger partial charge in [0.1, 0.15) is 0 Å². The smallest absolute Gasteiger partial charge is 0.315 e. The minimum absolute atomic E-state index is 0.0203. The fourth-order valence-electron chi connectivity index (χ4n) is 1.97. The molecule has 4 atom stereocenters. The second-order valence-electron chi connectivity index (χ2n) is 4.02. The second kappa shape index (κ2) is 6.44. The first-order valence-electron chi connectivity index (χ1n) is 5.56. The highest BCUT2D eigenvalue weighted by Crippen LogP contribution is 2.16. The van der Waals surface area contributed by atoms with Crippen molar-refractivity contribution in [2.75, 3.05) is 12.9 Å². The Balaban J connectivity index is 2.39. The van der Waals surface area contributed by atoms with Crippen LogP contribution < -0.4 is 10.6 Å². The van der Waals surface area contributed by atoms with Crippen LogP contribution in [0.15, 0.2) is 0 Å². The van der Waals surface area contributed by atoms with E-state index >= 15 is 0 Å². The van der Waals surface area contributed by atoms with E-state index in [1.165, 1.54) is 18.9 Å². The molecule has 1 aliphatic rings. The van der Waals surface area contributed by atoms with Crippen LogP contribution in [0.25, 0.3) is 0 Å². The third-order valence-electron chi connectivity index (χ3n) is 2.96. The number of aliphatic hydroxyl groups is 1. The Kier molecular flexibility index (Phi) is 5.54. The van der Waals surface area contributed by atoms with Gasteiger partial charge < -0.3 is 9.84 Å². The van der Waals surface area contributed by atoms with Crippen LogP contribution in [0.1, 0.15) is 20.3 Å². The predicted octanol–water partition coefficient (Wildman–Crippen LogP) is -0.924. The van der Waals surface area contributed by atoms with E-state index in [4.69, 9.17) is 0 Å². The van der Waals surface area contributed by atoms with E-state index in [1.54, 1.807) is 0 Å². The summed E-state index contributed by atoms with van der Waals surface area (Å²) in [7, 11) is 1.38. The van der Waals surface area contributed by atoms with Crippen molar-refractivity contribution in [3.8, 4) is 0 Å². The number of esters is 1. The van der Waals surface area contributed by atoms with E-state index in [-0.39, 0.29) is 23.4 Å². The molecule has 0 aromatic heterocycles. The van der Waals surface area contributed by atoms with Crippen molar-refractivity contribution in [2.24, 2.45) is 5.92 Å². The summed E-state index contributed by atoms with van der Waals surface area (Å²) in [5.41, 5.74) is 0.0203. The number of carbonyl (C=O) groups is 1. The maximum atomic E-state index is 11.0. The highest BCUT2D eigenvalue weighted by molar-refractivity contribution is 8.00. The molecule has 0 saturated carbocycles. The SMILES string of the molecule is CCC1C(C)NC(SCC(=O)OC)[NH2+]C1O. The summed E-state index contributed by atoms with van der Waals surface area (Å²) in [6.45, 7) is 4.14. The van der Waals surface area contributed by atoms with Gasteiger partial charge in [0.25, 0.3) is 0 Å². The first-order valence-corrected chi connectivity index (χ1v) is 6.60.